The zero-order valence-electron chi connectivity index (χ0n) is 10.5. The molecule has 0 atom stereocenters. The lowest BCUT2D eigenvalue weighted by atomic mass is 10.2. The summed E-state index contributed by atoms with van der Waals surface area (Å²) in [7, 11) is 1.49. The molecule has 7 nitrogen and oxygen atoms in total. The molecule has 8 heteroatoms. The summed E-state index contributed by atoms with van der Waals surface area (Å²) < 4.78 is 11.9. The molecule has 0 saturated carbocycles. The summed E-state index contributed by atoms with van der Waals surface area (Å²) in [5.41, 5.74) is 0.713. The molecule has 0 spiro atoms. The molecule has 0 unspecified atom stereocenters. The first-order valence-electron chi connectivity index (χ1n) is 5.51. The maximum Gasteiger partial charge on any atom is 0.181 e. The van der Waals surface area contributed by atoms with Crippen molar-refractivity contribution in [3.05, 3.63) is 35.4 Å². The molecule has 0 aliphatic carbocycles. The maximum atomic E-state index is 8.53. The van der Waals surface area contributed by atoms with Gasteiger partial charge in [0, 0.05) is 0 Å². The van der Waals surface area contributed by atoms with E-state index in [4.69, 9.17) is 26.3 Å². The fourth-order valence-electron chi connectivity index (χ4n) is 1.45. The minimum atomic E-state index is -0.107. The lowest BCUT2D eigenvalue weighted by Crippen LogP contribution is -1.99. The van der Waals surface area contributed by atoms with Crippen molar-refractivity contribution in [3.8, 4) is 17.6 Å². The van der Waals surface area contributed by atoms with Gasteiger partial charge in [-0.2, -0.15) is 10.4 Å². The van der Waals surface area contributed by atoms with Crippen molar-refractivity contribution >= 4 is 17.8 Å². The van der Waals surface area contributed by atoms with Crippen molar-refractivity contribution in [2.45, 2.75) is 0 Å². The highest BCUT2D eigenvalue weighted by atomic mass is 35.5. The molecule has 0 aliphatic rings. The number of aromatic nitrogens is 3. The second-order valence-electron chi connectivity index (χ2n) is 3.57. The van der Waals surface area contributed by atoms with Crippen molar-refractivity contribution in [1.29, 1.82) is 5.26 Å². The predicted molar refractivity (Wildman–Crippen MR) is 72.1 cm³/mol. The largest absolute Gasteiger partial charge is 0.493 e. The van der Waals surface area contributed by atoms with E-state index in [9.17, 15) is 0 Å². The van der Waals surface area contributed by atoms with Crippen LogP contribution in [-0.2, 0) is 0 Å². The zero-order valence-corrected chi connectivity index (χ0v) is 11.3. The molecule has 2 aromatic rings. The molecule has 0 aliphatic heterocycles. The fraction of sp³-hybridized carbons (Fsp3) is 0.167. The smallest absolute Gasteiger partial charge is 0.181 e. The molecule has 0 radical (unpaired) electrons. The van der Waals surface area contributed by atoms with Crippen LogP contribution in [0.25, 0.3) is 0 Å². The topological polar surface area (TPSA) is 85.3 Å². The van der Waals surface area contributed by atoms with Crippen molar-refractivity contribution < 1.29 is 9.47 Å². The van der Waals surface area contributed by atoms with Gasteiger partial charge >= 0.3 is 0 Å². The van der Waals surface area contributed by atoms with Crippen molar-refractivity contribution in [2.24, 2.45) is 5.10 Å². The summed E-state index contributed by atoms with van der Waals surface area (Å²) in [4.78, 5) is 0. The number of hydrogen-bond acceptors (Lipinski definition) is 6. The Morgan fingerprint density at radius 2 is 2.20 bits per heavy atom. The molecule has 1 aromatic heterocycles. The van der Waals surface area contributed by atoms with Crippen LogP contribution in [0.5, 0.6) is 11.5 Å². The average molecular weight is 292 g/mol. The third-order valence-corrected chi connectivity index (χ3v) is 2.56. The Morgan fingerprint density at radius 1 is 1.45 bits per heavy atom. The van der Waals surface area contributed by atoms with Crippen molar-refractivity contribution in [2.75, 3.05) is 13.7 Å². The Bertz CT molecular complexity index is 649. The molecule has 2 rings (SSSR count). The Balaban J connectivity index is 2.28. The molecule has 20 heavy (non-hydrogen) atoms. The molecule has 0 amide bonds. The number of ether oxygens (including phenoxy) is 2. The molecule has 0 bridgehead atoms. The third-order valence-electron chi connectivity index (χ3n) is 2.28. The highest BCUT2D eigenvalue weighted by Crippen LogP contribution is 2.35. The van der Waals surface area contributed by atoms with Gasteiger partial charge in [-0.3, -0.25) is 0 Å². The summed E-state index contributed by atoms with van der Waals surface area (Å²) in [5, 5.41) is 20.2. The zero-order chi connectivity index (χ0) is 14.4. The lowest BCUT2D eigenvalue weighted by Gasteiger charge is -2.10. The molecule has 1 aromatic carbocycles. The fourth-order valence-corrected chi connectivity index (χ4v) is 1.72. The van der Waals surface area contributed by atoms with E-state index in [0.29, 0.717) is 22.1 Å². The molecule has 0 fully saturated rings. The summed E-state index contributed by atoms with van der Waals surface area (Å²) in [6, 6.07) is 5.23. The minimum absolute atomic E-state index is 0.107. The van der Waals surface area contributed by atoms with Crippen LogP contribution in [0, 0.1) is 11.3 Å². The van der Waals surface area contributed by atoms with E-state index in [0.717, 1.165) is 0 Å². The van der Waals surface area contributed by atoms with Crippen LogP contribution in [-0.4, -0.2) is 34.8 Å². The van der Waals surface area contributed by atoms with Gasteiger partial charge < -0.3 is 9.47 Å². The van der Waals surface area contributed by atoms with E-state index in [1.54, 1.807) is 18.3 Å². The van der Waals surface area contributed by atoms with Crippen LogP contribution in [0.15, 0.2) is 29.9 Å². The number of hydrogen-bond donors (Lipinski definition) is 0. The van der Waals surface area contributed by atoms with E-state index in [-0.39, 0.29) is 6.61 Å². The van der Waals surface area contributed by atoms with Crippen molar-refractivity contribution in [1.82, 2.24) is 14.9 Å². The Hall–Kier alpha value is -2.59. The molecule has 102 valence electrons. The highest BCUT2D eigenvalue weighted by Gasteiger charge is 2.11. The second-order valence-corrected chi connectivity index (χ2v) is 3.97. The number of rotatable bonds is 5. The molecular formula is C12H10ClN5O2. The van der Waals surface area contributed by atoms with Crippen LogP contribution in [0.1, 0.15) is 5.56 Å². The average Bonchev–Trinajstić information content (AvgIpc) is 2.96. The number of nitrogens with zero attached hydrogens (tertiary/aromatic N) is 5. The van der Waals surface area contributed by atoms with Gasteiger partial charge in [-0.15, -0.1) is 10.2 Å². The number of methoxy groups -OCH3 is 1. The molecular weight excluding hydrogens is 282 g/mol. The Kier molecular flexibility index (Phi) is 4.52. The summed E-state index contributed by atoms with van der Waals surface area (Å²) in [6.07, 6.45) is 4.49. The monoisotopic (exact) mass is 291 g/mol. The normalized spacial score (nSPS) is 10.4. The van der Waals surface area contributed by atoms with Gasteiger partial charge in [0.25, 0.3) is 0 Å². The van der Waals surface area contributed by atoms with E-state index < -0.39 is 0 Å². The van der Waals surface area contributed by atoms with Gasteiger partial charge in [0.05, 0.1) is 18.3 Å². The summed E-state index contributed by atoms with van der Waals surface area (Å²) in [6.45, 7) is -0.107. The van der Waals surface area contributed by atoms with Crippen molar-refractivity contribution in [3.63, 3.8) is 0 Å². The van der Waals surface area contributed by atoms with E-state index >= 15 is 0 Å². The van der Waals surface area contributed by atoms with Gasteiger partial charge in [0.2, 0.25) is 0 Å². The van der Waals surface area contributed by atoms with Gasteiger partial charge in [0.1, 0.15) is 18.7 Å². The van der Waals surface area contributed by atoms with Crippen LogP contribution in [0.3, 0.4) is 0 Å². The first-order valence-corrected chi connectivity index (χ1v) is 5.88. The minimum Gasteiger partial charge on any atom is -0.493 e. The van der Waals surface area contributed by atoms with Crippen LogP contribution in [0.2, 0.25) is 5.02 Å². The molecule has 0 saturated heterocycles. The Morgan fingerprint density at radius 3 is 2.85 bits per heavy atom. The quantitative estimate of drug-likeness (QED) is 0.783. The predicted octanol–water partition coefficient (Wildman–Crippen LogP) is 1.72. The highest BCUT2D eigenvalue weighted by molar-refractivity contribution is 6.32. The van der Waals surface area contributed by atoms with E-state index in [1.165, 1.54) is 24.4 Å². The molecule has 1 heterocycles. The van der Waals surface area contributed by atoms with Gasteiger partial charge in [-0.05, 0) is 17.7 Å². The maximum absolute atomic E-state index is 8.53. The lowest BCUT2D eigenvalue weighted by molar-refractivity contribution is 0.330. The van der Waals surface area contributed by atoms with E-state index in [1.807, 2.05) is 6.07 Å². The van der Waals surface area contributed by atoms with Crippen LogP contribution >= 0.6 is 11.6 Å². The first-order chi connectivity index (χ1) is 9.74. The van der Waals surface area contributed by atoms with Gasteiger partial charge in [-0.1, -0.05) is 11.6 Å². The van der Waals surface area contributed by atoms with Gasteiger partial charge in [-0.25, -0.2) is 4.68 Å². The SMILES string of the molecule is COc1cc(/C=N/n2cnnc2)cc(Cl)c1OCC#N. The summed E-state index contributed by atoms with van der Waals surface area (Å²) >= 11 is 6.10. The number of halogens is 1. The second kappa shape index (κ2) is 6.54. The van der Waals surface area contributed by atoms with Crippen LogP contribution < -0.4 is 9.47 Å². The number of nitriles is 1. The van der Waals surface area contributed by atoms with Crippen LogP contribution in [0.4, 0.5) is 0 Å². The number of benzene rings is 1. The van der Waals surface area contributed by atoms with Gasteiger partial charge in [0.15, 0.2) is 18.1 Å². The standard InChI is InChI=1S/C12H10ClN5O2/c1-19-11-5-9(6-17-18-7-15-16-8-18)4-10(13)12(11)20-3-2-14/h4-8H,3H2,1H3/b17-6+. The summed E-state index contributed by atoms with van der Waals surface area (Å²) in [5.74, 6) is 0.759. The molecule has 0 N–H and O–H groups in total. The first kappa shape index (κ1) is 13.8. The third kappa shape index (κ3) is 3.24. The van der Waals surface area contributed by atoms with E-state index in [2.05, 4.69) is 15.3 Å². The Labute approximate surface area is 120 Å².